The maximum Gasteiger partial charge on any atom is 0.143 e. The smallest absolute Gasteiger partial charge is 0.143 e. The van der Waals surface area contributed by atoms with E-state index < -0.39 is 0 Å². The first-order chi connectivity index (χ1) is 5.40. The van der Waals surface area contributed by atoms with Crippen molar-refractivity contribution in [3.8, 4) is 0 Å². The number of nitrogens with zero attached hydrogens (tertiary/aromatic N) is 2. The van der Waals surface area contributed by atoms with Crippen LogP contribution in [0.15, 0.2) is 17.8 Å². The lowest BCUT2D eigenvalue weighted by molar-refractivity contribution is 1.38. The number of fused-ring (bicyclic) bond motifs is 1. The Morgan fingerprint density at radius 1 is 1.45 bits per heavy atom. The minimum atomic E-state index is 0.960. The molecule has 0 fully saturated rings. The minimum absolute atomic E-state index is 0.960. The number of pyridine rings is 1. The lowest BCUT2D eigenvalue weighted by Gasteiger charge is -1.95. The van der Waals surface area contributed by atoms with E-state index in [1.165, 1.54) is 0 Å². The summed E-state index contributed by atoms with van der Waals surface area (Å²) in [6.45, 7) is 0. The van der Waals surface area contributed by atoms with Crippen molar-refractivity contribution in [1.82, 2.24) is 9.97 Å². The molecule has 1 N–H and O–H groups in total. The van der Waals surface area contributed by atoms with Gasteiger partial charge in [-0.15, -0.1) is 11.3 Å². The molecule has 0 aliphatic heterocycles. The van der Waals surface area contributed by atoms with Crippen LogP contribution in [0, 0.1) is 0 Å². The maximum absolute atomic E-state index is 4.21. The Hall–Kier alpha value is -1.16. The van der Waals surface area contributed by atoms with E-state index in [4.69, 9.17) is 0 Å². The van der Waals surface area contributed by atoms with E-state index in [2.05, 4.69) is 15.3 Å². The molecule has 2 rings (SSSR count). The van der Waals surface area contributed by atoms with Crippen LogP contribution in [-0.2, 0) is 0 Å². The third-order valence-electron chi connectivity index (χ3n) is 1.48. The molecule has 0 spiro atoms. The van der Waals surface area contributed by atoms with E-state index >= 15 is 0 Å². The molecule has 0 aliphatic carbocycles. The normalized spacial score (nSPS) is 10.3. The van der Waals surface area contributed by atoms with Crippen LogP contribution in [0.4, 0.5) is 5.69 Å². The monoisotopic (exact) mass is 165 g/mol. The molecule has 2 aromatic rings. The van der Waals surface area contributed by atoms with E-state index in [1.54, 1.807) is 23.0 Å². The van der Waals surface area contributed by atoms with Crippen molar-refractivity contribution in [2.45, 2.75) is 0 Å². The van der Waals surface area contributed by atoms with Crippen LogP contribution in [0.2, 0.25) is 0 Å². The highest BCUT2D eigenvalue weighted by Crippen LogP contribution is 2.17. The van der Waals surface area contributed by atoms with Crippen molar-refractivity contribution in [1.29, 1.82) is 0 Å². The fraction of sp³-hybridized carbons (Fsp3) is 0.143. The van der Waals surface area contributed by atoms with Crippen molar-refractivity contribution in [2.75, 3.05) is 12.4 Å². The third-order valence-corrected chi connectivity index (χ3v) is 2.23. The Labute approximate surface area is 68.1 Å². The first-order valence-corrected chi connectivity index (χ1v) is 4.15. The second kappa shape index (κ2) is 2.47. The molecule has 0 radical (unpaired) electrons. The number of hydrogen-bond acceptors (Lipinski definition) is 4. The Morgan fingerprint density at radius 2 is 2.36 bits per heavy atom. The molecule has 0 saturated heterocycles. The van der Waals surface area contributed by atoms with Gasteiger partial charge in [0.15, 0.2) is 0 Å². The molecule has 0 atom stereocenters. The lowest BCUT2D eigenvalue weighted by atomic mass is 10.4. The van der Waals surface area contributed by atoms with Crippen molar-refractivity contribution in [3.05, 3.63) is 17.8 Å². The lowest BCUT2D eigenvalue weighted by Crippen LogP contribution is -1.87. The summed E-state index contributed by atoms with van der Waals surface area (Å²) >= 11 is 1.56. The van der Waals surface area contributed by atoms with Crippen LogP contribution in [0.5, 0.6) is 0 Å². The molecule has 4 heteroatoms. The average molecular weight is 165 g/mol. The number of thiazole rings is 1. The van der Waals surface area contributed by atoms with Crippen LogP contribution in [0.1, 0.15) is 0 Å². The van der Waals surface area contributed by atoms with Gasteiger partial charge < -0.3 is 5.32 Å². The van der Waals surface area contributed by atoms with Gasteiger partial charge in [-0.25, -0.2) is 9.97 Å². The highest BCUT2D eigenvalue weighted by molar-refractivity contribution is 7.16. The number of nitrogens with one attached hydrogen (secondary N) is 1. The first-order valence-electron chi connectivity index (χ1n) is 3.27. The number of rotatable bonds is 1. The summed E-state index contributed by atoms with van der Waals surface area (Å²) in [6, 6.07) is 1.98. The zero-order chi connectivity index (χ0) is 7.68. The first kappa shape index (κ1) is 6.54. The topological polar surface area (TPSA) is 37.8 Å². The van der Waals surface area contributed by atoms with Gasteiger partial charge in [-0.1, -0.05) is 0 Å². The van der Waals surface area contributed by atoms with Crippen LogP contribution < -0.4 is 5.32 Å². The predicted octanol–water partition coefficient (Wildman–Crippen LogP) is 1.73. The fourth-order valence-corrected chi connectivity index (χ4v) is 1.51. The maximum atomic E-state index is 4.21. The molecule has 2 aromatic heterocycles. The Balaban J connectivity index is 2.67. The van der Waals surface area contributed by atoms with Gasteiger partial charge in [0.05, 0.1) is 17.4 Å². The summed E-state index contributed by atoms with van der Waals surface area (Å²) in [5, 5.41) is 3.01. The summed E-state index contributed by atoms with van der Waals surface area (Å²) in [4.78, 5) is 9.34. The Morgan fingerprint density at radius 3 is 3.18 bits per heavy atom. The zero-order valence-corrected chi connectivity index (χ0v) is 6.85. The molecule has 0 bridgehead atoms. The molecular formula is C7H7N3S. The largest absolute Gasteiger partial charge is 0.387 e. The van der Waals surface area contributed by atoms with Gasteiger partial charge in [0, 0.05) is 7.05 Å². The number of aromatic nitrogens is 2. The molecular weight excluding hydrogens is 158 g/mol. The Kier molecular flexibility index (Phi) is 1.47. The van der Waals surface area contributed by atoms with E-state index in [0.717, 1.165) is 16.0 Å². The van der Waals surface area contributed by atoms with Crippen molar-refractivity contribution in [2.24, 2.45) is 0 Å². The second-order valence-electron chi connectivity index (χ2n) is 2.15. The quantitative estimate of drug-likeness (QED) is 0.699. The van der Waals surface area contributed by atoms with Gasteiger partial charge in [-0.05, 0) is 6.07 Å². The van der Waals surface area contributed by atoms with Gasteiger partial charge in [-0.2, -0.15) is 0 Å². The Bertz CT molecular complexity index is 368. The van der Waals surface area contributed by atoms with Gasteiger partial charge in [-0.3, -0.25) is 0 Å². The molecule has 0 saturated carbocycles. The van der Waals surface area contributed by atoms with Gasteiger partial charge in [0.2, 0.25) is 0 Å². The van der Waals surface area contributed by atoms with E-state index in [9.17, 15) is 0 Å². The SMILES string of the molecule is CNc1cnc2scnc2c1. The standard InChI is InChI=1S/C7H7N3S/c1-8-5-2-6-7(9-3-5)11-4-10-6/h2-4,8H,1H3. The van der Waals surface area contributed by atoms with Gasteiger partial charge >= 0.3 is 0 Å². The van der Waals surface area contributed by atoms with Crippen molar-refractivity contribution >= 4 is 27.4 Å². The molecule has 0 amide bonds. The third kappa shape index (κ3) is 1.05. The van der Waals surface area contributed by atoms with E-state index in [-0.39, 0.29) is 0 Å². The van der Waals surface area contributed by atoms with Crippen molar-refractivity contribution in [3.63, 3.8) is 0 Å². The zero-order valence-electron chi connectivity index (χ0n) is 6.03. The summed E-state index contributed by atoms with van der Waals surface area (Å²) in [5.41, 5.74) is 3.77. The highest BCUT2D eigenvalue weighted by atomic mass is 32.1. The predicted molar refractivity (Wildman–Crippen MR) is 47.0 cm³/mol. The van der Waals surface area contributed by atoms with E-state index in [1.807, 2.05) is 13.1 Å². The average Bonchev–Trinajstić information content (AvgIpc) is 2.50. The molecule has 0 aliphatic rings. The van der Waals surface area contributed by atoms with Crippen LogP contribution in [0.25, 0.3) is 10.3 Å². The minimum Gasteiger partial charge on any atom is -0.387 e. The molecule has 3 nitrogen and oxygen atoms in total. The van der Waals surface area contributed by atoms with Crippen LogP contribution in [-0.4, -0.2) is 17.0 Å². The van der Waals surface area contributed by atoms with Gasteiger partial charge in [0.1, 0.15) is 10.3 Å². The molecule has 56 valence electrons. The van der Waals surface area contributed by atoms with Crippen LogP contribution in [0.3, 0.4) is 0 Å². The highest BCUT2D eigenvalue weighted by Gasteiger charge is 1.97. The summed E-state index contributed by atoms with van der Waals surface area (Å²) in [6.07, 6.45) is 1.81. The number of anilines is 1. The number of hydrogen-bond donors (Lipinski definition) is 1. The van der Waals surface area contributed by atoms with Gasteiger partial charge in [0.25, 0.3) is 0 Å². The molecule has 11 heavy (non-hydrogen) atoms. The molecule has 0 unspecified atom stereocenters. The molecule has 0 aromatic carbocycles. The summed E-state index contributed by atoms with van der Waals surface area (Å²) in [7, 11) is 1.87. The van der Waals surface area contributed by atoms with Crippen LogP contribution >= 0.6 is 11.3 Å². The fourth-order valence-electron chi connectivity index (χ4n) is 0.894. The van der Waals surface area contributed by atoms with Crippen molar-refractivity contribution < 1.29 is 0 Å². The molecule has 2 heterocycles. The second-order valence-corrected chi connectivity index (χ2v) is 2.98. The summed E-state index contributed by atoms with van der Waals surface area (Å²) < 4.78 is 0. The van der Waals surface area contributed by atoms with E-state index in [0.29, 0.717) is 0 Å². The summed E-state index contributed by atoms with van der Waals surface area (Å²) in [5.74, 6) is 0.